The molecule has 1 spiro atoms. The second-order valence-corrected chi connectivity index (χ2v) is 12.7. The lowest BCUT2D eigenvalue weighted by Crippen LogP contribution is -2.30. The van der Waals surface area contributed by atoms with E-state index in [0.29, 0.717) is 11.3 Å². The number of rotatable bonds is 6. The highest BCUT2D eigenvalue weighted by atomic mass is 32.2. The summed E-state index contributed by atoms with van der Waals surface area (Å²) in [5, 5.41) is 3.70. The van der Waals surface area contributed by atoms with E-state index in [0.717, 1.165) is 47.5 Å². The predicted molar refractivity (Wildman–Crippen MR) is 150 cm³/mol. The lowest BCUT2D eigenvalue weighted by molar-refractivity contribution is 0.0950. The fourth-order valence-electron chi connectivity index (χ4n) is 5.31. The van der Waals surface area contributed by atoms with Crippen LogP contribution in [0.2, 0.25) is 0 Å². The van der Waals surface area contributed by atoms with Crippen LogP contribution in [0.5, 0.6) is 0 Å². The predicted octanol–water partition coefficient (Wildman–Crippen LogP) is 3.26. The minimum atomic E-state index is -3.43. The van der Waals surface area contributed by atoms with E-state index in [1.165, 1.54) is 18.9 Å². The van der Waals surface area contributed by atoms with Gasteiger partial charge in [-0.05, 0) is 67.8 Å². The molecule has 200 valence electrons. The van der Waals surface area contributed by atoms with Gasteiger partial charge in [0.1, 0.15) is 5.82 Å². The Labute approximate surface area is 227 Å². The number of aromatic nitrogens is 3. The Morgan fingerprint density at radius 1 is 1.10 bits per heavy atom. The van der Waals surface area contributed by atoms with E-state index in [1.54, 1.807) is 25.3 Å². The Morgan fingerprint density at radius 3 is 2.64 bits per heavy atom. The first-order valence-electron chi connectivity index (χ1n) is 12.9. The van der Waals surface area contributed by atoms with Crippen LogP contribution in [0, 0.1) is 12.3 Å². The molecule has 0 unspecified atom stereocenters. The lowest BCUT2D eigenvalue weighted by Gasteiger charge is -2.18. The number of amides is 1. The van der Waals surface area contributed by atoms with Gasteiger partial charge in [0.25, 0.3) is 5.91 Å². The van der Waals surface area contributed by atoms with Crippen LogP contribution in [0.3, 0.4) is 0 Å². The molecule has 1 saturated carbocycles. The van der Waals surface area contributed by atoms with Gasteiger partial charge in [0.05, 0.1) is 34.0 Å². The molecule has 2 fully saturated rings. The summed E-state index contributed by atoms with van der Waals surface area (Å²) in [6.07, 6.45) is 5.25. The van der Waals surface area contributed by atoms with Crippen LogP contribution in [0.1, 0.15) is 34.5 Å². The zero-order valence-electron chi connectivity index (χ0n) is 21.9. The normalized spacial score (nSPS) is 18.0. The van der Waals surface area contributed by atoms with Gasteiger partial charge in [0, 0.05) is 47.9 Å². The summed E-state index contributed by atoms with van der Waals surface area (Å²) < 4.78 is 24.1. The molecule has 1 aromatic carbocycles. The molecule has 0 radical (unpaired) electrons. The molecular weight excluding hydrogens is 512 g/mol. The SMILES string of the molecule is Cc1ccc(C(=O)NCc2cc3nc(-c4cccc(N5C[C@H](N)C6(CC6)C5)n4)ccc3cn2)cc1S(C)(=O)=O. The number of sulfone groups is 1. The summed E-state index contributed by atoms with van der Waals surface area (Å²) in [5.41, 5.74) is 10.5. The standard InChI is InChI=1S/C29H30N6O3S/c1-18-6-7-19(12-25(18)39(2,37)38)28(36)32-15-21-13-24-20(14-31-21)8-9-23(33-24)22-4-3-5-27(34-22)35-16-26(30)29(17-35)10-11-29/h3-9,12-14,26H,10-11,15-17,30H2,1-2H3,(H,32,36)/t26-/m0/s1. The molecule has 6 rings (SSSR count). The molecule has 1 aliphatic heterocycles. The fourth-order valence-corrected chi connectivity index (χ4v) is 6.30. The van der Waals surface area contributed by atoms with Crippen LogP contribution < -0.4 is 16.0 Å². The molecule has 1 amide bonds. The summed E-state index contributed by atoms with van der Waals surface area (Å²) in [7, 11) is -3.43. The van der Waals surface area contributed by atoms with Gasteiger partial charge in [-0.1, -0.05) is 12.1 Å². The van der Waals surface area contributed by atoms with E-state index in [2.05, 4.69) is 15.2 Å². The number of carbonyl (C=O) groups excluding carboxylic acids is 1. The summed E-state index contributed by atoms with van der Waals surface area (Å²) in [4.78, 5) is 29.4. The number of pyridine rings is 3. The van der Waals surface area contributed by atoms with E-state index in [-0.39, 0.29) is 34.4 Å². The van der Waals surface area contributed by atoms with Gasteiger partial charge >= 0.3 is 0 Å². The summed E-state index contributed by atoms with van der Waals surface area (Å²) in [5.74, 6) is 0.543. The second-order valence-electron chi connectivity index (χ2n) is 10.7. The van der Waals surface area contributed by atoms with Crippen molar-refractivity contribution in [1.29, 1.82) is 0 Å². The summed E-state index contributed by atoms with van der Waals surface area (Å²) in [6, 6.07) is 16.6. The van der Waals surface area contributed by atoms with Crippen LogP contribution in [-0.2, 0) is 16.4 Å². The number of benzene rings is 1. The van der Waals surface area contributed by atoms with Crippen LogP contribution in [-0.4, -0.2) is 54.7 Å². The number of carbonyl (C=O) groups is 1. The van der Waals surface area contributed by atoms with E-state index in [9.17, 15) is 13.2 Å². The molecule has 4 aromatic rings. The Kier molecular flexibility index (Phi) is 6.11. The maximum Gasteiger partial charge on any atom is 0.251 e. The number of aryl methyl sites for hydroxylation is 1. The van der Waals surface area contributed by atoms with E-state index < -0.39 is 9.84 Å². The number of nitrogens with one attached hydrogen (secondary N) is 1. The van der Waals surface area contributed by atoms with Gasteiger partial charge in [0.2, 0.25) is 0 Å². The molecule has 1 aliphatic carbocycles. The van der Waals surface area contributed by atoms with Crippen LogP contribution in [0.25, 0.3) is 22.3 Å². The van der Waals surface area contributed by atoms with Gasteiger partial charge in [-0.15, -0.1) is 0 Å². The van der Waals surface area contributed by atoms with Crippen molar-refractivity contribution in [3.8, 4) is 11.4 Å². The van der Waals surface area contributed by atoms with Crippen molar-refractivity contribution in [3.63, 3.8) is 0 Å². The van der Waals surface area contributed by atoms with Crippen LogP contribution in [0.4, 0.5) is 5.82 Å². The number of fused-ring (bicyclic) bond motifs is 1. The van der Waals surface area contributed by atoms with Crippen molar-refractivity contribution in [2.24, 2.45) is 11.1 Å². The Bertz CT molecular complexity index is 1720. The molecular formula is C29H30N6O3S. The average Bonchev–Trinajstić information content (AvgIpc) is 3.63. The van der Waals surface area contributed by atoms with Gasteiger partial charge < -0.3 is 16.0 Å². The van der Waals surface area contributed by atoms with Gasteiger partial charge in [0.15, 0.2) is 9.84 Å². The second kappa shape index (κ2) is 9.39. The Morgan fingerprint density at radius 2 is 1.90 bits per heavy atom. The molecule has 2 aliphatic rings. The zero-order chi connectivity index (χ0) is 27.4. The van der Waals surface area contributed by atoms with E-state index in [4.69, 9.17) is 15.7 Å². The first-order chi connectivity index (χ1) is 18.6. The van der Waals surface area contributed by atoms with E-state index >= 15 is 0 Å². The molecule has 3 aromatic heterocycles. The summed E-state index contributed by atoms with van der Waals surface area (Å²) in [6.45, 7) is 3.65. The lowest BCUT2D eigenvalue weighted by atomic mass is 10.0. The average molecular weight is 543 g/mol. The third kappa shape index (κ3) is 4.97. The number of nitrogens with zero attached hydrogens (tertiary/aromatic N) is 4. The smallest absolute Gasteiger partial charge is 0.251 e. The number of anilines is 1. The molecule has 3 N–H and O–H groups in total. The first-order valence-corrected chi connectivity index (χ1v) is 14.8. The van der Waals surface area contributed by atoms with Gasteiger partial charge in [-0.25, -0.2) is 18.4 Å². The largest absolute Gasteiger partial charge is 0.354 e. The molecule has 39 heavy (non-hydrogen) atoms. The van der Waals surface area contributed by atoms with Crippen molar-refractivity contribution in [1.82, 2.24) is 20.3 Å². The van der Waals surface area contributed by atoms with Gasteiger partial charge in [-0.2, -0.15) is 0 Å². The number of hydrogen-bond acceptors (Lipinski definition) is 8. The van der Waals surface area contributed by atoms with Crippen molar-refractivity contribution in [2.45, 2.75) is 37.2 Å². The third-order valence-electron chi connectivity index (χ3n) is 7.83. The van der Waals surface area contributed by atoms with Crippen molar-refractivity contribution < 1.29 is 13.2 Å². The monoisotopic (exact) mass is 542 g/mol. The van der Waals surface area contributed by atoms with E-state index in [1.807, 2.05) is 36.4 Å². The first kappa shape index (κ1) is 25.4. The van der Waals surface area contributed by atoms with Crippen LogP contribution in [0.15, 0.2) is 65.7 Å². The number of hydrogen-bond donors (Lipinski definition) is 2. The molecule has 1 saturated heterocycles. The van der Waals surface area contributed by atoms with Crippen molar-refractivity contribution in [3.05, 3.63) is 77.6 Å². The molecule has 1 atom stereocenters. The fraction of sp³-hybridized carbons (Fsp3) is 0.310. The van der Waals surface area contributed by atoms with Crippen molar-refractivity contribution in [2.75, 3.05) is 24.2 Å². The Hall–Kier alpha value is -3.89. The topological polar surface area (TPSA) is 131 Å². The molecule has 10 heteroatoms. The minimum absolute atomic E-state index is 0.146. The third-order valence-corrected chi connectivity index (χ3v) is 9.07. The highest BCUT2D eigenvalue weighted by Gasteiger charge is 2.53. The maximum atomic E-state index is 12.7. The minimum Gasteiger partial charge on any atom is -0.354 e. The zero-order valence-corrected chi connectivity index (χ0v) is 22.7. The Balaban J connectivity index is 1.20. The summed E-state index contributed by atoms with van der Waals surface area (Å²) >= 11 is 0. The molecule has 4 heterocycles. The maximum absolute atomic E-state index is 12.7. The highest BCUT2D eigenvalue weighted by molar-refractivity contribution is 7.90. The quantitative estimate of drug-likeness (QED) is 0.380. The number of nitrogens with two attached hydrogens (primary N) is 1. The van der Waals surface area contributed by atoms with Gasteiger partial charge in [-0.3, -0.25) is 9.78 Å². The van der Waals surface area contributed by atoms with Crippen LogP contribution >= 0.6 is 0 Å². The van der Waals surface area contributed by atoms with Crippen molar-refractivity contribution >= 4 is 32.5 Å². The molecule has 0 bridgehead atoms. The molecule has 9 nitrogen and oxygen atoms in total. The highest BCUT2D eigenvalue weighted by Crippen LogP contribution is 2.52.